The molecule has 0 aliphatic carbocycles. The Morgan fingerprint density at radius 3 is 2.78 bits per heavy atom. The van der Waals surface area contributed by atoms with Gasteiger partial charge in [0.25, 0.3) is 0 Å². The summed E-state index contributed by atoms with van der Waals surface area (Å²) in [6.45, 7) is 1.21. The number of benzene rings is 2. The van der Waals surface area contributed by atoms with Crippen LogP contribution in [0.4, 0.5) is 10.6 Å². The van der Waals surface area contributed by atoms with Crippen molar-refractivity contribution in [1.82, 2.24) is 14.7 Å². The van der Waals surface area contributed by atoms with E-state index in [1.807, 2.05) is 24.3 Å². The molecule has 0 bridgehead atoms. The minimum Gasteiger partial charge on any atom is -0.481 e. The smallest absolute Gasteiger partial charge is 0.323 e. The molecule has 1 aliphatic heterocycles. The number of carboxylic acids is 1. The van der Waals surface area contributed by atoms with E-state index in [9.17, 15) is 9.59 Å². The van der Waals surface area contributed by atoms with Gasteiger partial charge < -0.3 is 10.0 Å². The zero-order valence-corrected chi connectivity index (χ0v) is 14.7. The molecule has 0 saturated carbocycles. The van der Waals surface area contributed by atoms with Crippen LogP contribution in [0.5, 0.6) is 0 Å². The van der Waals surface area contributed by atoms with Crippen molar-refractivity contribution >= 4 is 28.6 Å². The third-order valence-electron chi connectivity index (χ3n) is 4.98. The van der Waals surface area contributed by atoms with Gasteiger partial charge >= 0.3 is 12.0 Å². The molecule has 7 heteroatoms. The summed E-state index contributed by atoms with van der Waals surface area (Å²) in [6.07, 6.45) is 2.13. The molecule has 1 fully saturated rings. The van der Waals surface area contributed by atoms with Crippen molar-refractivity contribution in [3.8, 4) is 0 Å². The molecule has 2 amide bonds. The van der Waals surface area contributed by atoms with Gasteiger partial charge in [0.05, 0.1) is 18.7 Å². The topological polar surface area (TPSA) is 87.5 Å². The van der Waals surface area contributed by atoms with Crippen molar-refractivity contribution in [3.05, 3.63) is 60.3 Å². The monoisotopic (exact) mass is 364 g/mol. The summed E-state index contributed by atoms with van der Waals surface area (Å²) in [5.74, 6) is -0.755. The minimum absolute atomic E-state index is 0.235. The highest BCUT2D eigenvalue weighted by atomic mass is 16.4. The Labute approximate surface area is 156 Å². The molecular weight excluding hydrogens is 344 g/mol. The van der Waals surface area contributed by atoms with Gasteiger partial charge in [-0.3, -0.25) is 10.1 Å². The number of hydrogen-bond donors (Lipinski definition) is 2. The predicted octanol–water partition coefficient (Wildman–Crippen LogP) is 3.02. The zero-order valence-electron chi connectivity index (χ0n) is 14.7. The van der Waals surface area contributed by atoms with Crippen LogP contribution in [0.15, 0.2) is 54.7 Å². The predicted molar refractivity (Wildman–Crippen MR) is 102 cm³/mol. The molecule has 4 rings (SSSR count). The Kier molecular flexibility index (Phi) is 4.50. The van der Waals surface area contributed by atoms with Crippen molar-refractivity contribution in [1.29, 1.82) is 0 Å². The number of nitrogens with one attached hydrogen (secondary N) is 1. The molecule has 1 atom stereocenters. The first-order valence-electron chi connectivity index (χ1n) is 8.89. The van der Waals surface area contributed by atoms with Crippen molar-refractivity contribution in [2.75, 3.05) is 18.4 Å². The van der Waals surface area contributed by atoms with E-state index >= 15 is 0 Å². The molecule has 2 N–H and O–H groups in total. The first kappa shape index (κ1) is 17.1. The summed E-state index contributed by atoms with van der Waals surface area (Å²) in [5.41, 5.74) is 1.11. The number of carbonyl (C=O) groups is 2. The van der Waals surface area contributed by atoms with Crippen LogP contribution < -0.4 is 5.32 Å². The maximum Gasteiger partial charge on any atom is 0.323 e. The first-order chi connectivity index (χ1) is 13.1. The van der Waals surface area contributed by atoms with Crippen molar-refractivity contribution in [2.45, 2.75) is 13.0 Å². The average Bonchev–Trinajstić information content (AvgIpc) is 3.32. The molecule has 138 valence electrons. The van der Waals surface area contributed by atoms with Crippen molar-refractivity contribution in [3.63, 3.8) is 0 Å². The number of aromatic nitrogens is 2. The summed E-state index contributed by atoms with van der Waals surface area (Å²) >= 11 is 0. The summed E-state index contributed by atoms with van der Waals surface area (Å²) in [4.78, 5) is 25.1. The number of urea groups is 1. The van der Waals surface area contributed by atoms with E-state index in [2.05, 4.69) is 28.6 Å². The van der Waals surface area contributed by atoms with Crippen LogP contribution in [0, 0.1) is 5.92 Å². The quantitative estimate of drug-likeness (QED) is 0.745. The lowest BCUT2D eigenvalue weighted by molar-refractivity contribution is -0.141. The highest BCUT2D eigenvalue weighted by molar-refractivity contribution is 5.89. The summed E-state index contributed by atoms with van der Waals surface area (Å²) < 4.78 is 1.74. The number of likely N-dealkylation sites (tertiary alicyclic amines) is 1. The van der Waals surface area contributed by atoms with Crippen LogP contribution in [0.25, 0.3) is 10.8 Å². The third kappa shape index (κ3) is 3.48. The average molecular weight is 364 g/mol. The molecule has 2 heterocycles. The number of fused-ring (bicyclic) bond motifs is 1. The largest absolute Gasteiger partial charge is 0.481 e. The highest BCUT2D eigenvalue weighted by Gasteiger charge is 2.31. The van der Waals surface area contributed by atoms with Gasteiger partial charge in [-0.25, -0.2) is 9.48 Å². The van der Waals surface area contributed by atoms with Gasteiger partial charge in [-0.1, -0.05) is 42.5 Å². The second kappa shape index (κ2) is 7.11. The lowest BCUT2D eigenvalue weighted by atomic mass is 10.0. The Balaban J connectivity index is 1.50. The molecule has 0 spiro atoms. The lowest BCUT2D eigenvalue weighted by Gasteiger charge is -2.17. The summed E-state index contributed by atoms with van der Waals surface area (Å²) in [5, 5.41) is 18.6. The fourth-order valence-corrected chi connectivity index (χ4v) is 3.49. The van der Waals surface area contributed by atoms with Gasteiger partial charge in [0, 0.05) is 19.2 Å². The van der Waals surface area contributed by atoms with Gasteiger partial charge in [-0.05, 0) is 22.8 Å². The van der Waals surface area contributed by atoms with E-state index in [4.69, 9.17) is 5.11 Å². The van der Waals surface area contributed by atoms with Crippen molar-refractivity contribution in [2.24, 2.45) is 5.92 Å². The number of anilines is 1. The van der Waals surface area contributed by atoms with Crippen LogP contribution in [0.1, 0.15) is 12.0 Å². The van der Waals surface area contributed by atoms with E-state index in [0.717, 1.165) is 16.3 Å². The molecule has 27 heavy (non-hydrogen) atoms. The van der Waals surface area contributed by atoms with E-state index in [1.165, 1.54) is 4.90 Å². The number of hydrogen-bond acceptors (Lipinski definition) is 3. The minimum atomic E-state index is -0.855. The van der Waals surface area contributed by atoms with Gasteiger partial charge in [-0.15, -0.1) is 0 Å². The van der Waals surface area contributed by atoms with E-state index in [-0.39, 0.29) is 12.6 Å². The van der Waals surface area contributed by atoms with Crippen LogP contribution in [-0.4, -0.2) is 44.9 Å². The van der Waals surface area contributed by atoms with Gasteiger partial charge in [-0.2, -0.15) is 5.10 Å². The zero-order chi connectivity index (χ0) is 18.8. The summed E-state index contributed by atoms with van der Waals surface area (Å²) in [7, 11) is 0. The Morgan fingerprint density at radius 2 is 1.96 bits per heavy atom. The molecule has 1 unspecified atom stereocenters. The van der Waals surface area contributed by atoms with Gasteiger partial charge in [0.2, 0.25) is 0 Å². The van der Waals surface area contributed by atoms with Crippen molar-refractivity contribution < 1.29 is 14.7 Å². The third-order valence-corrected chi connectivity index (χ3v) is 4.98. The standard InChI is InChI=1S/C20H20N4O3/c25-19(26)16-9-11-23(12-16)20(27)22-18-8-10-21-24(18)13-15-6-3-5-14-4-1-2-7-17(14)15/h1-8,10,16H,9,11-13H2,(H,22,27)(H,25,26). The number of aliphatic carboxylic acids is 1. The van der Waals surface area contributed by atoms with Gasteiger partial charge in [0.1, 0.15) is 5.82 Å². The lowest BCUT2D eigenvalue weighted by Crippen LogP contribution is -2.34. The fourth-order valence-electron chi connectivity index (χ4n) is 3.49. The second-order valence-electron chi connectivity index (χ2n) is 6.71. The number of rotatable bonds is 4. The molecule has 7 nitrogen and oxygen atoms in total. The maximum absolute atomic E-state index is 12.5. The second-order valence-corrected chi connectivity index (χ2v) is 6.71. The van der Waals surface area contributed by atoms with Crippen LogP contribution >= 0.6 is 0 Å². The first-order valence-corrected chi connectivity index (χ1v) is 8.89. The normalized spacial score (nSPS) is 16.6. The molecular formula is C20H20N4O3. The highest BCUT2D eigenvalue weighted by Crippen LogP contribution is 2.21. The molecule has 1 saturated heterocycles. The van der Waals surface area contributed by atoms with Gasteiger partial charge in [0.15, 0.2) is 0 Å². The maximum atomic E-state index is 12.5. The SMILES string of the molecule is O=C(O)C1CCN(C(=O)Nc2ccnn2Cc2cccc3ccccc23)C1. The Morgan fingerprint density at radius 1 is 1.15 bits per heavy atom. The number of carbonyl (C=O) groups excluding carboxylic acids is 1. The molecule has 3 aromatic rings. The number of nitrogens with zero attached hydrogens (tertiary/aromatic N) is 3. The van der Waals surface area contributed by atoms with E-state index in [0.29, 0.717) is 25.3 Å². The number of carboxylic acid groups (broad SMARTS) is 1. The van der Waals surface area contributed by atoms with E-state index < -0.39 is 11.9 Å². The van der Waals surface area contributed by atoms with Crippen LogP contribution in [0.2, 0.25) is 0 Å². The molecule has 2 aromatic carbocycles. The Hall–Kier alpha value is -3.35. The molecule has 1 aromatic heterocycles. The van der Waals surface area contributed by atoms with Crippen LogP contribution in [-0.2, 0) is 11.3 Å². The molecule has 1 aliphatic rings. The Bertz CT molecular complexity index is 992. The molecule has 0 radical (unpaired) electrons. The van der Waals surface area contributed by atoms with Crippen LogP contribution in [0.3, 0.4) is 0 Å². The van der Waals surface area contributed by atoms with E-state index in [1.54, 1.807) is 16.9 Å². The number of amides is 2. The summed E-state index contributed by atoms with van der Waals surface area (Å²) in [6, 6.07) is 15.7. The fraction of sp³-hybridized carbons (Fsp3) is 0.250.